The Morgan fingerprint density at radius 2 is 2.00 bits per heavy atom. The van der Waals surface area contributed by atoms with Crippen molar-refractivity contribution in [2.75, 3.05) is 31.9 Å². The first-order valence-corrected chi connectivity index (χ1v) is 9.55. The van der Waals surface area contributed by atoms with E-state index in [4.69, 9.17) is 4.42 Å². The number of carbonyl (C=O) groups excluding carboxylic acids is 1. The third-order valence-corrected chi connectivity index (χ3v) is 5.78. The van der Waals surface area contributed by atoms with Gasteiger partial charge in [-0.15, -0.1) is 11.8 Å². The maximum Gasteiger partial charge on any atom is 0.233 e. The number of nitrogens with zero attached hydrogens (tertiary/aromatic N) is 2. The van der Waals surface area contributed by atoms with Crippen LogP contribution in [0.15, 0.2) is 16.5 Å². The summed E-state index contributed by atoms with van der Waals surface area (Å²) >= 11 is 1.69. The number of thioether (sulfide) groups is 1. The van der Waals surface area contributed by atoms with Gasteiger partial charge < -0.3 is 14.2 Å². The number of hydrogen-bond donors (Lipinski definition) is 0. The van der Waals surface area contributed by atoms with Gasteiger partial charge in [-0.25, -0.2) is 0 Å². The number of unbranched alkanes of at least 4 members (excludes halogenated alkanes) is 1. The highest BCUT2D eigenvalue weighted by Gasteiger charge is 2.34. The van der Waals surface area contributed by atoms with E-state index in [0.717, 1.165) is 30.9 Å². The summed E-state index contributed by atoms with van der Waals surface area (Å²) in [6.07, 6.45) is 5.87. The molecule has 0 aromatic carbocycles. The Morgan fingerprint density at radius 3 is 2.73 bits per heavy atom. The molecule has 0 bridgehead atoms. The summed E-state index contributed by atoms with van der Waals surface area (Å²) in [7, 11) is 0. The molecule has 2 fully saturated rings. The van der Waals surface area contributed by atoms with E-state index in [1.165, 1.54) is 38.9 Å². The average Bonchev–Trinajstić information content (AvgIpc) is 3.25. The van der Waals surface area contributed by atoms with Crippen molar-refractivity contribution in [1.82, 2.24) is 9.80 Å². The molecule has 5 heteroatoms. The van der Waals surface area contributed by atoms with Crippen molar-refractivity contribution in [1.29, 1.82) is 0 Å². The number of amides is 1. The van der Waals surface area contributed by atoms with Crippen LogP contribution in [0.3, 0.4) is 0 Å². The molecule has 4 nitrogen and oxygen atoms in total. The Labute approximate surface area is 137 Å². The number of furan rings is 1. The number of rotatable bonds is 7. The minimum atomic E-state index is 0.0830. The second-order valence-corrected chi connectivity index (χ2v) is 7.23. The Hall–Kier alpha value is -0.940. The highest BCUT2D eigenvalue weighted by Crippen LogP contribution is 2.39. The van der Waals surface area contributed by atoms with Crippen LogP contribution in [0.4, 0.5) is 0 Å². The lowest BCUT2D eigenvalue weighted by atomic mass is 10.2. The Morgan fingerprint density at radius 1 is 1.23 bits per heavy atom. The van der Waals surface area contributed by atoms with Crippen LogP contribution in [0.25, 0.3) is 0 Å². The molecule has 1 amide bonds. The molecule has 122 valence electrons. The van der Waals surface area contributed by atoms with Gasteiger partial charge in [-0.3, -0.25) is 4.79 Å². The van der Waals surface area contributed by atoms with Crippen LogP contribution in [0.2, 0.25) is 0 Å². The predicted octanol–water partition coefficient (Wildman–Crippen LogP) is 3.29. The fraction of sp³-hybridized carbons (Fsp3) is 0.706. The zero-order valence-corrected chi connectivity index (χ0v) is 14.2. The fourth-order valence-electron chi connectivity index (χ4n) is 3.27. The highest BCUT2D eigenvalue weighted by atomic mass is 32.2. The molecule has 2 aliphatic rings. The van der Waals surface area contributed by atoms with Gasteiger partial charge in [0.15, 0.2) is 0 Å². The van der Waals surface area contributed by atoms with Gasteiger partial charge in [-0.2, -0.15) is 0 Å². The summed E-state index contributed by atoms with van der Waals surface area (Å²) < 4.78 is 5.86. The molecule has 2 saturated heterocycles. The van der Waals surface area contributed by atoms with Crippen LogP contribution in [-0.4, -0.2) is 47.6 Å². The third-order valence-electron chi connectivity index (χ3n) is 4.56. The molecule has 0 N–H and O–H groups in total. The van der Waals surface area contributed by atoms with E-state index in [9.17, 15) is 4.79 Å². The topological polar surface area (TPSA) is 36.7 Å². The molecule has 1 aromatic rings. The van der Waals surface area contributed by atoms with Crippen molar-refractivity contribution in [3.63, 3.8) is 0 Å². The molecule has 1 atom stereocenters. The van der Waals surface area contributed by atoms with Gasteiger partial charge >= 0.3 is 0 Å². The van der Waals surface area contributed by atoms with Gasteiger partial charge in [0.2, 0.25) is 5.91 Å². The highest BCUT2D eigenvalue weighted by molar-refractivity contribution is 8.00. The van der Waals surface area contributed by atoms with Gasteiger partial charge in [0.25, 0.3) is 0 Å². The Kier molecular flexibility index (Phi) is 5.47. The minimum absolute atomic E-state index is 0.0830. The molecule has 0 aliphatic carbocycles. The van der Waals surface area contributed by atoms with Gasteiger partial charge in [-0.1, -0.05) is 6.92 Å². The first-order valence-electron chi connectivity index (χ1n) is 8.50. The summed E-state index contributed by atoms with van der Waals surface area (Å²) in [5.74, 6) is 2.78. The molecule has 1 aromatic heterocycles. The monoisotopic (exact) mass is 322 g/mol. The molecule has 0 spiro atoms. The summed E-state index contributed by atoms with van der Waals surface area (Å²) in [6.45, 7) is 6.64. The van der Waals surface area contributed by atoms with E-state index in [1.807, 2.05) is 17.0 Å². The lowest BCUT2D eigenvalue weighted by molar-refractivity contribution is -0.128. The Bertz CT molecular complexity index is 497. The van der Waals surface area contributed by atoms with Crippen LogP contribution in [-0.2, 0) is 11.2 Å². The minimum Gasteiger partial charge on any atom is -0.463 e. The van der Waals surface area contributed by atoms with E-state index in [0.29, 0.717) is 5.75 Å². The van der Waals surface area contributed by atoms with Crippen molar-refractivity contribution in [3.05, 3.63) is 23.7 Å². The maximum atomic E-state index is 12.1. The SMILES string of the molecule is CCc1ccc(C2SCC(=O)N2CCCCN2CCCC2)o1. The molecule has 22 heavy (non-hydrogen) atoms. The van der Waals surface area contributed by atoms with Gasteiger partial charge in [0, 0.05) is 13.0 Å². The summed E-state index contributed by atoms with van der Waals surface area (Å²) in [6, 6.07) is 4.07. The molecular formula is C17H26N2O2S. The number of carbonyl (C=O) groups is 1. The number of likely N-dealkylation sites (tertiary alicyclic amines) is 1. The van der Waals surface area contributed by atoms with Crippen molar-refractivity contribution in [2.45, 2.75) is 44.4 Å². The van der Waals surface area contributed by atoms with Gasteiger partial charge in [0.05, 0.1) is 5.75 Å². The summed E-state index contributed by atoms with van der Waals surface area (Å²) in [4.78, 5) is 16.7. The van der Waals surface area contributed by atoms with Crippen molar-refractivity contribution >= 4 is 17.7 Å². The van der Waals surface area contributed by atoms with Crippen LogP contribution >= 0.6 is 11.8 Å². The standard InChI is InChI=1S/C17H26N2O2S/c1-2-14-7-8-15(21-14)17-19(16(20)13-22-17)12-6-5-11-18-9-3-4-10-18/h7-8,17H,2-6,9-13H2,1H3. The fourth-order valence-corrected chi connectivity index (χ4v) is 4.43. The number of aryl methyl sites for hydroxylation is 1. The average molecular weight is 322 g/mol. The second-order valence-electron chi connectivity index (χ2n) is 6.16. The van der Waals surface area contributed by atoms with E-state index >= 15 is 0 Å². The predicted molar refractivity (Wildman–Crippen MR) is 89.9 cm³/mol. The lowest BCUT2D eigenvalue weighted by Gasteiger charge is -2.23. The zero-order chi connectivity index (χ0) is 15.4. The zero-order valence-electron chi connectivity index (χ0n) is 13.4. The second kappa shape index (κ2) is 7.55. The largest absolute Gasteiger partial charge is 0.463 e. The van der Waals surface area contributed by atoms with E-state index in [1.54, 1.807) is 11.8 Å². The number of hydrogen-bond acceptors (Lipinski definition) is 4. The Balaban J connectivity index is 1.50. The summed E-state index contributed by atoms with van der Waals surface area (Å²) in [5, 5.41) is 0.0830. The van der Waals surface area contributed by atoms with Gasteiger partial charge in [0.1, 0.15) is 16.9 Å². The van der Waals surface area contributed by atoms with Crippen LogP contribution in [0, 0.1) is 0 Å². The quantitative estimate of drug-likeness (QED) is 0.722. The molecule has 0 radical (unpaired) electrons. The molecular weight excluding hydrogens is 296 g/mol. The van der Waals surface area contributed by atoms with Crippen molar-refractivity contribution < 1.29 is 9.21 Å². The van der Waals surface area contributed by atoms with Crippen molar-refractivity contribution in [3.8, 4) is 0 Å². The van der Waals surface area contributed by atoms with E-state index in [2.05, 4.69) is 11.8 Å². The normalized spacial score (nSPS) is 22.9. The van der Waals surface area contributed by atoms with Gasteiger partial charge in [-0.05, 0) is 57.5 Å². The first kappa shape index (κ1) is 15.9. The lowest BCUT2D eigenvalue weighted by Crippen LogP contribution is -2.30. The summed E-state index contributed by atoms with van der Waals surface area (Å²) in [5.41, 5.74) is 0. The van der Waals surface area contributed by atoms with Crippen LogP contribution in [0.1, 0.15) is 49.5 Å². The van der Waals surface area contributed by atoms with Crippen LogP contribution < -0.4 is 0 Å². The smallest absolute Gasteiger partial charge is 0.233 e. The molecule has 3 rings (SSSR count). The van der Waals surface area contributed by atoms with Crippen molar-refractivity contribution in [2.24, 2.45) is 0 Å². The third kappa shape index (κ3) is 3.69. The first-order chi connectivity index (χ1) is 10.8. The van der Waals surface area contributed by atoms with Crippen LogP contribution in [0.5, 0.6) is 0 Å². The molecule has 0 saturated carbocycles. The molecule has 2 aliphatic heterocycles. The van der Waals surface area contributed by atoms with E-state index < -0.39 is 0 Å². The maximum absolute atomic E-state index is 12.1. The van der Waals surface area contributed by atoms with E-state index in [-0.39, 0.29) is 11.3 Å². The molecule has 3 heterocycles. The molecule has 1 unspecified atom stereocenters.